The Balaban J connectivity index is 1.52. The molecule has 27 heavy (non-hydrogen) atoms. The number of thiophene rings is 1. The molecule has 0 spiro atoms. The average Bonchev–Trinajstić information content (AvgIpc) is 3.39. The van der Waals surface area contributed by atoms with Crippen molar-refractivity contribution in [3.05, 3.63) is 46.7 Å². The topological polar surface area (TPSA) is 111 Å². The van der Waals surface area contributed by atoms with Gasteiger partial charge in [0.25, 0.3) is 5.91 Å². The van der Waals surface area contributed by atoms with Crippen LogP contribution in [-0.2, 0) is 31.5 Å². The molecule has 0 fully saturated rings. The average molecular weight is 386 g/mol. The number of rotatable bonds is 4. The van der Waals surface area contributed by atoms with Crippen LogP contribution in [0.3, 0.4) is 0 Å². The highest BCUT2D eigenvalue weighted by Gasteiger charge is 2.32. The maximum atomic E-state index is 12.8. The summed E-state index contributed by atoms with van der Waals surface area (Å²) in [4.78, 5) is 36.4. The zero-order valence-corrected chi connectivity index (χ0v) is 15.5. The van der Waals surface area contributed by atoms with E-state index in [1.54, 1.807) is 28.0 Å². The highest BCUT2D eigenvalue weighted by molar-refractivity contribution is 7.09. The van der Waals surface area contributed by atoms with Crippen LogP contribution in [0.15, 0.2) is 30.2 Å². The predicted octanol–water partition coefficient (Wildman–Crippen LogP) is 0.0567. The Kier molecular flexibility index (Phi) is 4.67. The third kappa shape index (κ3) is 3.72. The van der Waals surface area contributed by atoms with Crippen LogP contribution in [0.25, 0.3) is 0 Å². The second kappa shape index (κ2) is 7.27. The summed E-state index contributed by atoms with van der Waals surface area (Å²) in [6.45, 7) is 1.34. The van der Waals surface area contributed by atoms with E-state index in [0.29, 0.717) is 18.9 Å². The van der Waals surface area contributed by atoms with Crippen molar-refractivity contribution in [2.24, 2.45) is 13.0 Å². The smallest absolute Gasteiger partial charge is 0.293 e. The fourth-order valence-corrected chi connectivity index (χ4v) is 3.61. The summed E-state index contributed by atoms with van der Waals surface area (Å²) in [6, 6.07) is 3.91. The Morgan fingerprint density at radius 1 is 1.33 bits per heavy atom. The van der Waals surface area contributed by atoms with E-state index in [9.17, 15) is 9.59 Å². The first-order valence-electron chi connectivity index (χ1n) is 8.42. The molecule has 0 bridgehead atoms. The molecule has 11 heteroatoms. The van der Waals surface area contributed by atoms with Crippen molar-refractivity contribution in [1.82, 2.24) is 39.7 Å². The summed E-state index contributed by atoms with van der Waals surface area (Å²) >= 11 is 1.59. The molecule has 10 nitrogen and oxygen atoms in total. The minimum atomic E-state index is -0.444. The molecule has 1 aliphatic rings. The van der Waals surface area contributed by atoms with Gasteiger partial charge in [-0.1, -0.05) is 6.07 Å². The van der Waals surface area contributed by atoms with Crippen molar-refractivity contribution in [3.63, 3.8) is 0 Å². The van der Waals surface area contributed by atoms with Gasteiger partial charge in [0, 0.05) is 18.5 Å². The van der Waals surface area contributed by atoms with Gasteiger partial charge in [0.1, 0.15) is 18.5 Å². The van der Waals surface area contributed by atoms with E-state index < -0.39 is 5.92 Å². The molecule has 0 aliphatic carbocycles. The molecule has 4 rings (SSSR count). The zero-order valence-electron chi connectivity index (χ0n) is 14.6. The van der Waals surface area contributed by atoms with Gasteiger partial charge >= 0.3 is 0 Å². The van der Waals surface area contributed by atoms with Gasteiger partial charge in [-0.25, -0.2) is 14.6 Å². The highest BCUT2D eigenvalue weighted by atomic mass is 32.1. The third-order valence-electron chi connectivity index (χ3n) is 4.33. The predicted molar refractivity (Wildman–Crippen MR) is 95.4 cm³/mol. The Morgan fingerprint density at radius 2 is 2.22 bits per heavy atom. The fraction of sp³-hybridized carbons (Fsp3) is 0.375. The standard InChI is InChI=1S/C16H18N8O2S/c1-22-10-19-14(21-22)16(26)23-6-11(7-24-13(8-23)18-9-20-24)15(25)17-5-12-3-2-4-27-12/h2-4,9-11H,5-8H2,1H3,(H,17,25). The minimum absolute atomic E-state index is 0.100. The van der Waals surface area contributed by atoms with Gasteiger partial charge < -0.3 is 10.2 Å². The van der Waals surface area contributed by atoms with Crippen LogP contribution < -0.4 is 5.32 Å². The van der Waals surface area contributed by atoms with Crippen molar-refractivity contribution in [2.75, 3.05) is 6.54 Å². The summed E-state index contributed by atoms with van der Waals surface area (Å²) in [5, 5.41) is 13.2. The van der Waals surface area contributed by atoms with Gasteiger partial charge in [-0.3, -0.25) is 14.3 Å². The highest BCUT2D eigenvalue weighted by Crippen LogP contribution is 2.17. The normalized spacial score (nSPS) is 16.6. The molecule has 3 aromatic heterocycles. The number of hydrogen-bond donors (Lipinski definition) is 1. The molecule has 0 aromatic carbocycles. The van der Waals surface area contributed by atoms with Crippen molar-refractivity contribution in [1.29, 1.82) is 0 Å². The number of amides is 2. The molecule has 1 aliphatic heterocycles. The maximum Gasteiger partial charge on any atom is 0.293 e. The largest absolute Gasteiger partial charge is 0.351 e. The number of nitrogens with one attached hydrogen (secondary N) is 1. The summed E-state index contributed by atoms with van der Waals surface area (Å²) < 4.78 is 3.15. The monoisotopic (exact) mass is 386 g/mol. The second-order valence-corrected chi connectivity index (χ2v) is 7.31. The summed E-state index contributed by atoms with van der Waals surface area (Å²) in [7, 11) is 1.70. The van der Waals surface area contributed by atoms with Gasteiger partial charge in [-0.2, -0.15) is 5.10 Å². The minimum Gasteiger partial charge on any atom is -0.351 e. The van der Waals surface area contributed by atoms with Crippen molar-refractivity contribution in [3.8, 4) is 0 Å². The van der Waals surface area contributed by atoms with E-state index in [1.807, 2.05) is 17.5 Å². The number of fused-ring (bicyclic) bond motifs is 1. The first kappa shape index (κ1) is 17.3. The first-order valence-corrected chi connectivity index (χ1v) is 9.30. The zero-order chi connectivity index (χ0) is 18.8. The number of aromatic nitrogens is 6. The van der Waals surface area contributed by atoms with Gasteiger partial charge in [-0.15, -0.1) is 16.4 Å². The molecule has 0 saturated heterocycles. The Bertz CT molecular complexity index is 947. The second-order valence-electron chi connectivity index (χ2n) is 6.28. The van der Waals surface area contributed by atoms with E-state index in [1.165, 1.54) is 17.3 Å². The molecule has 2 amide bonds. The van der Waals surface area contributed by atoms with Crippen molar-refractivity contribution < 1.29 is 9.59 Å². The Hall–Kier alpha value is -3.08. The number of carbonyl (C=O) groups is 2. The molecule has 4 heterocycles. The molecule has 1 unspecified atom stereocenters. The van der Waals surface area contributed by atoms with E-state index in [0.717, 1.165) is 4.88 Å². The Labute approximate surface area is 158 Å². The summed E-state index contributed by atoms with van der Waals surface area (Å²) in [5.41, 5.74) is 0. The van der Waals surface area contributed by atoms with Crippen LogP contribution in [0.4, 0.5) is 0 Å². The first-order chi connectivity index (χ1) is 13.1. The molecule has 0 radical (unpaired) electrons. The number of carbonyl (C=O) groups excluding carboxylic acids is 2. The lowest BCUT2D eigenvalue weighted by Crippen LogP contribution is -2.41. The van der Waals surface area contributed by atoms with Crippen LogP contribution >= 0.6 is 11.3 Å². The van der Waals surface area contributed by atoms with Gasteiger partial charge in [0.15, 0.2) is 0 Å². The van der Waals surface area contributed by atoms with Gasteiger partial charge in [0.05, 0.1) is 25.6 Å². The number of nitrogens with zero attached hydrogens (tertiary/aromatic N) is 7. The van der Waals surface area contributed by atoms with Crippen molar-refractivity contribution in [2.45, 2.75) is 19.6 Å². The molecular weight excluding hydrogens is 368 g/mol. The van der Waals surface area contributed by atoms with Crippen molar-refractivity contribution >= 4 is 23.2 Å². The van der Waals surface area contributed by atoms with Crippen LogP contribution in [0, 0.1) is 5.92 Å². The summed E-state index contributed by atoms with van der Waals surface area (Å²) in [6.07, 6.45) is 2.90. The Morgan fingerprint density at radius 3 is 2.96 bits per heavy atom. The number of aryl methyl sites for hydroxylation is 1. The van der Waals surface area contributed by atoms with E-state index in [4.69, 9.17) is 0 Å². The molecule has 140 valence electrons. The quantitative estimate of drug-likeness (QED) is 0.679. The summed E-state index contributed by atoms with van der Waals surface area (Å²) in [5.74, 6) is -0.168. The van der Waals surface area contributed by atoms with E-state index in [-0.39, 0.29) is 30.7 Å². The lowest BCUT2D eigenvalue weighted by atomic mass is 10.1. The lowest BCUT2D eigenvalue weighted by molar-refractivity contribution is -0.125. The van der Waals surface area contributed by atoms with Gasteiger partial charge in [0.2, 0.25) is 11.7 Å². The fourth-order valence-electron chi connectivity index (χ4n) is 2.96. The number of hydrogen-bond acceptors (Lipinski definition) is 7. The SMILES string of the molecule is Cn1cnc(C(=O)N2Cc3ncnn3CC(C(=O)NCc3cccs3)C2)n1. The molecular formula is C16H18N8O2S. The van der Waals surface area contributed by atoms with Crippen LogP contribution in [0.1, 0.15) is 21.3 Å². The molecule has 0 saturated carbocycles. The molecule has 3 aromatic rings. The van der Waals surface area contributed by atoms with Gasteiger partial charge in [-0.05, 0) is 11.4 Å². The third-order valence-corrected chi connectivity index (χ3v) is 5.20. The van der Waals surface area contributed by atoms with Crippen LogP contribution in [-0.4, -0.2) is 52.8 Å². The van der Waals surface area contributed by atoms with Crippen LogP contribution in [0.5, 0.6) is 0 Å². The van der Waals surface area contributed by atoms with Crippen LogP contribution in [0.2, 0.25) is 0 Å². The maximum absolute atomic E-state index is 12.8. The molecule has 1 N–H and O–H groups in total. The van der Waals surface area contributed by atoms with E-state index in [2.05, 4.69) is 25.5 Å². The lowest BCUT2D eigenvalue weighted by Gasteiger charge is -2.22. The van der Waals surface area contributed by atoms with E-state index >= 15 is 0 Å². The molecule has 1 atom stereocenters.